The molecule has 1 rings (SSSR count). The summed E-state index contributed by atoms with van der Waals surface area (Å²) in [6, 6.07) is 1.78. The van der Waals surface area contributed by atoms with E-state index >= 15 is 0 Å². The van der Waals surface area contributed by atoms with Crippen LogP contribution in [0, 0.1) is 4.64 Å². The summed E-state index contributed by atoms with van der Waals surface area (Å²) in [7, 11) is 0. The fraction of sp³-hybridized carbons (Fsp3) is 0.333. The van der Waals surface area contributed by atoms with E-state index in [0.29, 0.717) is 0 Å². The van der Waals surface area contributed by atoms with Gasteiger partial charge in [-0.15, -0.1) is 0 Å². The molecule has 0 atom stereocenters. The minimum Gasteiger partial charge on any atom is -0.334 e. The second-order valence-corrected chi connectivity index (χ2v) is 3.12. The van der Waals surface area contributed by atoms with Gasteiger partial charge in [-0.25, -0.2) is 4.98 Å². The Morgan fingerprint density at radius 3 is 3.20 bits per heavy atom. The molecule has 1 N–H and O–H groups in total. The minimum atomic E-state index is 0.749. The molecule has 1 heterocycles. The topological polar surface area (TPSA) is 28.7 Å². The highest BCUT2D eigenvalue weighted by atomic mass is 32.2. The smallest absolute Gasteiger partial charge is 0.116 e. The van der Waals surface area contributed by atoms with Crippen molar-refractivity contribution in [1.82, 2.24) is 9.97 Å². The van der Waals surface area contributed by atoms with Gasteiger partial charge in [0.1, 0.15) is 10.5 Å². The van der Waals surface area contributed by atoms with Gasteiger partial charge in [-0.1, -0.05) is 12.2 Å². The average Bonchev–Trinajstić information content (AvgIpc) is 1.88. The predicted molar refractivity (Wildman–Crippen MR) is 46.6 cm³/mol. The summed E-state index contributed by atoms with van der Waals surface area (Å²) in [5.74, 6) is 1.84. The van der Waals surface area contributed by atoms with Gasteiger partial charge >= 0.3 is 0 Å². The van der Waals surface area contributed by atoms with Gasteiger partial charge in [0.25, 0.3) is 0 Å². The largest absolute Gasteiger partial charge is 0.334 e. The van der Waals surface area contributed by atoms with E-state index in [1.807, 2.05) is 6.26 Å². The molecule has 0 radical (unpaired) electrons. The molecule has 0 aliphatic carbocycles. The number of H-pyrrole nitrogens is 1. The summed E-state index contributed by atoms with van der Waals surface area (Å²) in [5.41, 5.74) is 0. The van der Waals surface area contributed by atoms with Gasteiger partial charge in [-0.2, -0.15) is 11.8 Å². The second kappa shape index (κ2) is 3.73. The van der Waals surface area contributed by atoms with Crippen molar-refractivity contribution < 1.29 is 0 Å². The highest BCUT2D eigenvalue weighted by Crippen LogP contribution is 2.01. The van der Waals surface area contributed by atoms with Crippen LogP contribution in [0.2, 0.25) is 0 Å². The number of aromatic amines is 1. The van der Waals surface area contributed by atoms with E-state index in [2.05, 4.69) is 9.97 Å². The molecule has 0 unspecified atom stereocenters. The van der Waals surface area contributed by atoms with Gasteiger partial charge in [-0.05, 0) is 12.3 Å². The van der Waals surface area contributed by atoms with Gasteiger partial charge in [0, 0.05) is 6.20 Å². The molecule has 0 aliphatic rings. The van der Waals surface area contributed by atoms with E-state index in [4.69, 9.17) is 12.2 Å². The first-order valence-corrected chi connectivity index (χ1v) is 4.66. The van der Waals surface area contributed by atoms with Crippen LogP contribution in [-0.4, -0.2) is 16.2 Å². The summed E-state index contributed by atoms with van der Waals surface area (Å²) in [6.07, 6.45) is 3.76. The summed E-state index contributed by atoms with van der Waals surface area (Å²) in [4.78, 5) is 7.08. The Morgan fingerprint density at radius 2 is 2.60 bits per heavy atom. The van der Waals surface area contributed by atoms with Gasteiger partial charge < -0.3 is 4.98 Å². The van der Waals surface area contributed by atoms with E-state index in [1.165, 1.54) is 0 Å². The molecule has 0 bridgehead atoms. The van der Waals surface area contributed by atoms with Crippen molar-refractivity contribution in [2.24, 2.45) is 0 Å². The molecule has 54 valence electrons. The molecule has 0 aromatic carbocycles. The van der Waals surface area contributed by atoms with Crippen molar-refractivity contribution in [2.75, 3.05) is 6.26 Å². The molecular formula is C6H8N2S2. The van der Waals surface area contributed by atoms with E-state index in [9.17, 15) is 0 Å². The third-order valence-electron chi connectivity index (χ3n) is 1.00. The SMILES string of the molecule is CSCc1nccc(=S)[nH]1. The first-order valence-electron chi connectivity index (χ1n) is 2.86. The van der Waals surface area contributed by atoms with E-state index in [0.717, 1.165) is 16.2 Å². The van der Waals surface area contributed by atoms with Crippen LogP contribution in [0.1, 0.15) is 5.82 Å². The summed E-state index contributed by atoms with van der Waals surface area (Å²) < 4.78 is 0.749. The van der Waals surface area contributed by atoms with Crippen LogP contribution in [0.4, 0.5) is 0 Å². The van der Waals surface area contributed by atoms with Crippen LogP contribution >= 0.6 is 24.0 Å². The lowest BCUT2D eigenvalue weighted by Crippen LogP contribution is -1.89. The quantitative estimate of drug-likeness (QED) is 0.692. The average molecular weight is 172 g/mol. The first-order chi connectivity index (χ1) is 4.83. The minimum absolute atomic E-state index is 0.749. The molecule has 0 aliphatic heterocycles. The zero-order valence-electron chi connectivity index (χ0n) is 5.63. The predicted octanol–water partition coefficient (Wildman–Crippen LogP) is 2.00. The van der Waals surface area contributed by atoms with Gasteiger partial charge in [0.2, 0.25) is 0 Å². The number of thioether (sulfide) groups is 1. The molecule has 1 aromatic rings. The third-order valence-corrected chi connectivity index (χ3v) is 1.81. The van der Waals surface area contributed by atoms with Crippen molar-refractivity contribution in [3.8, 4) is 0 Å². The zero-order chi connectivity index (χ0) is 7.40. The van der Waals surface area contributed by atoms with Crippen molar-refractivity contribution in [3.05, 3.63) is 22.7 Å². The summed E-state index contributed by atoms with van der Waals surface area (Å²) in [6.45, 7) is 0. The van der Waals surface area contributed by atoms with Crippen molar-refractivity contribution in [3.63, 3.8) is 0 Å². The van der Waals surface area contributed by atoms with Crippen LogP contribution in [0.5, 0.6) is 0 Å². The number of hydrogen-bond donors (Lipinski definition) is 1. The second-order valence-electron chi connectivity index (χ2n) is 1.81. The maximum atomic E-state index is 4.91. The molecule has 0 saturated carbocycles. The highest BCUT2D eigenvalue weighted by Gasteiger charge is 1.88. The molecule has 0 fully saturated rings. The van der Waals surface area contributed by atoms with Crippen LogP contribution in [0.15, 0.2) is 12.3 Å². The Labute approximate surface area is 69.1 Å². The Balaban J connectivity index is 2.85. The van der Waals surface area contributed by atoms with Crippen molar-refractivity contribution in [1.29, 1.82) is 0 Å². The van der Waals surface area contributed by atoms with E-state index < -0.39 is 0 Å². The first kappa shape index (κ1) is 7.75. The Morgan fingerprint density at radius 1 is 1.80 bits per heavy atom. The zero-order valence-corrected chi connectivity index (χ0v) is 7.26. The molecule has 0 saturated heterocycles. The highest BCUT2D eigenvalue weighted by molar-refractivity contribution is 7.97. The lowest BCUT2D eigenvalue weighted by molar-refractivity contribution is 1.02. The van der Waals surface area contributed by atoms with Crippen molar-refractivity contribution in [2.45, 2.75) is 5.75 Å². The fourth-order valence-electron chi connectivity index (χ4n) is 0.621. The number of aromatic nitrogens is 2. The van der Waals surface area contributed by atoms with Gasteiger partial charge in [0.15, 0.2) is 0 Å². The lowest BCUT2D eigenvalue weighted by atomic mass is 10.6. The molecule has 0 spiro atoms. The molecule has 2 nitrogen and oxygen atoms in total. The van der Waals surface area contributed by atoms with Crippen LogP contribution in [-0.2, 0) is 5.75 Å². The Bertz CT molecular complexity index is 256. The van der Waals surface area contributed by atoms with E-state index in [-0.39, 0.29) is 0 Å². The molecular weight excluding hydrogens is 164 g/mol. The normalized spacial score (nSPS) is 9.70. The van der Waals surface area contributed by atoms with Crippen LogP contribution < -0.4 is 0 Å². The molecule has 4 heteroatoms. The maximum Gasteiger partial charge on any atom is 0.116 e. The molecule has 10 heavy (non-hydrogen) atoms. The Kier molecular flexibility index (Phi) is 2.89. The lowest BCUT2D eigenvalue weighted by Gasteiger charge is -1.94. The van der Waals surface area contributed by atoms with Crippen LogP contribution in [0.25, 0.3) is 0 Å². The van der Waals surface area contributed by atoms with Crippen molar-refractivity contribution >= 4 is 24.0 Å². The van der Waals surface area contributed by atoms with Gasteiger partial charge in [0.05, 0.1) is 5.75 Å². The number of nitrogens with zero attached hydrogens (tertiary/aromatic N) is 1. The summed E-state index contributed by atoms with van der Waals surface area (Å²) in [5, 5.41) is 0. The monoisotopic (exact) mass is 172 g/mol. The Hall–Kier alpha value is -0.350. The number of hydrogen-bond acceptors (Lipinski definition) is 3. The molecule has 1 aromatic heterocycles. The number of nitrogens with one attached hydrogen (secondary N) is 1. The standard InChI is InChI=1S/C6H8N2S2/c1-10-4-5-7-3-2-6(9)8-5/h2-3H,4H2,1H3,(H,7,8,9). The summed E-state index contributed by atoms with van der Waals surface area (Å²) >= 11 is 6.63. The van der Waals surface area contributed by atoms with Gasteiger partial charge in [-0.3, -0.25) is 0 Å². The van der Waals surface area contributed by atoms with Crippen LogP contribution in [0.3, 0.4) is 0 Å². The van der Waals surface area contributed by atoms with E-state index in [1.54, 1.807) is 24.0 Å². The maximum absolute atomic E-state index is 4.91. The molecule has 0 amide bonds. The fourth-order valence-corrected chi connectivity index (χ4v) is 1.22. The third kappa shape index (κ3) is 2.11. The number of rotatable bonds is 2.